The summed E-state index contributed by atoms with van der Waals surface area (Å²) in [6.07, 6.45) is 2.85. The number of rotatable bonds is 4. The lowest BCUT2D eigenvalue weighted by molar-refractivity contribution is 0.583. The van der Waals surface area contributed by atoms with Crippen molar-refractivity contribution in [2.75, 3.05) is 7.05 Å². The van der Waals surface area contributed by atoms with Crippen molar-refractivity contribution < 1.29 is 0 Å². The van der Waals surface area contributed by atoms with E-state index in [9.17, 15) is 0 Å². The molecule has 1 atom stereocenters. The monoisotopic (exact) mass is 254 g/mol. The molecular weight excluding hydrogens is 232 g/mol. The van der Waals surface area contributed by atoms with Gasteiger partial charge in [-0.15, -0.1) is 0 Å². The molecule has 0 aliphatic rings. The summed E-state index contributed by atoms with van der Waals surface area (Å²) in [5.41, 5.74) is 6.55. The summed E-state index contributed by atoms with van der Waals surface area (Å²) in [7, 11) is 2.02. The van der Waals surface area contributed by atoms with Gasteiger partial charge in [-0.3, -0.25) is 4.98 Å². The third kappa shape index (κ3) is 3.02. The Labute approximate surface area is 115 Å². The molecule has 2 nitrogen and oxygen atoms in total. The van der Waals surface area contributed by atoms with Crippen LogP contribution in [0.5, 0.6) is 0 Å². The van der Waals surface area contributed by atoms with Crippen LogP contribution in [-0.2, 0) is 6.42 Å². The van der Waals surface area contributed by atoms with Crippen LogP contribution in [0.1, 0.15) is 34.0 Å². The van der Waals surface area contributed by atoms with Crippen LogP contribution in [0, 0.1) is 20.8 Å². The van der Waals surface area contributed by atoms with E-state index in [1.54, 1.807) is 0 Å². The molecule has 1 heterocycles. The van der Waals surface area contributed by atoms with Crippen LogP contribution in [0.4, 0.5) is 0 Å². The topological polar surface area (TPSA) is 24.9 Å². The number of hydrogen-bond donors (Lipinski definition) is 1. The smallest absolute Gasteiger partial charge is 0.0420 e. The summed E-state index contributed by atoms with van der Waals surface area (Å²) in [5.74, 6) is 0. The summed E-state index contributed by atoms with van der Waals surface area (Å²) in [4.78, 5) is 4.39. The minimum Gasteiger partial charge on any atom is -0.313 e. The van der Waals surface area contributed by atoms with E-state index < -0.39 is 0 Å². The Morgan fingerprint density at radius 3 is 2.32 bits per heavy atom. The van der Waals surface area contributed by atoms with Gasteiger partial charge in [0.25, 0.3) is 0 Å². The summed E-state index contributed by atoms with van der Waals surface area (Å²) in [6, 6.07) is 11.0. The zero-order chi connectivity index (χ0) is 13.8. The van der Waals surface area contributed by atoms with E-state index in [1.165, 1.54) is 22.3 Å². The zero-order valence-corrected chi connectivity index (χ0v) is 12.2. The van der Waals surface area contributed by atoms with E-state index in [-0.39, 0.29) is 0 Å². The van der Waals surface area contributed by atoms with Gasteiger partial charge in [0.2, 0.25) is 0 Å². The number of nitrogens with one attached hydrogen (secondary N) is 1. The van der Waals surface area contributed by atoms with Crippen molar-refractivity contribution in [2.24, 2.45) is 0 Å². The second-order valence-electron chi connectivity index (χ2n) is 5.09. The highest BCUT2D eigenvalue weighted by atomic mass is 14.9. The van der Waals surface area contributed by atoms with Gasteiger partial charge >= 0.3 is 0 Å². The minimum atomic E-state index is 0.313. The van der Waals surface area contributed by atoms with Crippen LogP contribution in [-0.4, -0.2) is 12.0 Å². The summed E-state index contributed by atoms with van der Waals surface area (Å²) < 4.78 is 0. The Morgan fingerprint density at radius 2 is 1.74 bits per heavy atom. The van der Waals surface area contributed by atoms with Crippen molar-refractivity contribution in [3.63, 3.8) is 0 Å². The molecule has 1 unspecified atom stereocenters. The quantitative estimate of drug-likeness (QED) is 0.903. The van der Waals surface area contributed by atoms with Crippen molar-refractivity contribution in [1.82, 2.24) is 10.3 Å². The molecule has 19 heavy (non-hydrogen) atoms. The number of nitrogens with zero attached hydrogens (tertiary/aromatic N) is 1. The number of benzene rings is 1. The molecule has 2 heteroatoms. The zero-order valence-electron chi connectivity index (χ0n) is 12.2. The lowest BCUT2D eigenvalue weighted by Gasteiger charge is -2.20. The predicted molar refractivity (Wildman–Crippen MR) is 80.4 cm³/mol. The van der Waals surface area contributed by atoms with Gasteiger partial charge in [0.05, 0.1) is 0 Å². The lowest BCUT2D eigenvalue weighted by Crippen LogP contribution is -2.21. The average molecular weight is 254 g/mol. The number of aryl methyl sites for hydroxylation is 3. The standard InChI is InChI=1S/C17H22N2/c1-12-7-5-8-13(2)16(12)11-17(18-4)15-9-6-10-19-14(15)3/h5-10,17-18H,11H2,1-4H3. The third-order valence-corrected chi connectivity index (χ3v) is 3.82. The minimum absolute atomic E-state index is 0.313. The molecule has 0 amide bonds. The molecule has 2 aromatic rings. The van der Waals surface area contributed by atoms with E-state index in [0.717, 1.165) is 12.1 Å². The average Bonchev–Trinajstić information content (AvgIpc) is 2.40. The molecule has 1 N–H and O–H groups in total. The number of likely N-dealkylation sites (N-methyl/N-ethyl adjacent to an activating group) is 1. The van der Waals surface area contributed by atoms with E-state index in [1.807, 2.05) is 19.3 Å². The van der Waals surface area contributed by atoms with E-state index in [2.05, 4.69) is 55.3 Å². The fourth-order valence-electron chi connectivity index (χ4n) is 2.61. The van der Waals surface area contributed by atoms with Crippen molar-refractivity contribution in [1.29, 1.82) is 0 Å². The van der Waals surface area contributed by atoms with E-state index in [4.69, 9.17) is 0 Å². The Balaban J connectivity index is 2.32. The molecule has 1 aromatic carbocycles. The highest BCUT2D eigenvalue weighted by molar-refractivity contribution is 5.36. The molecule has 1 aromatic heterocycles. The summed E-state index contributed by atoms with van der Waals surface area (Å²) >= 11 is 0. The second-order valence-corrected chi connectivity index (χ2v) is 5.09. The summed E-state index contributed by atoms with van der Waals surface area (Å²) in [6.45, 7) is 6.45. The normalized spacial score (nSPS) is 12.4. The van der Waals surface area contributed by atoms with Gasteiger partial charge in [0, 0.05) is 17.9 Å². The largest absolute Gasteiger partial charge is 0.313 e. The maximum absolute atomic E-state index is 4.39. The molecule has 0 fully saturated rings. The molecular formula is C17H22N2. The first-order chi connectivity index (χ1) is 9.13. The van der Waals surface area contributed by atoms with Gasteiger partial charge in [-0.05, 0) is 62.6 Å². The van der Waals surface area contributed by atoms with Crippen molar-refractivity contribution >= 4 is 0 Å². The molecule has 2 rings (SSSR count). The first-order valence-corrected chi connectivity index (χ1v) is 6.77. The highest BCUT2D eigenvalue weighted by Crippen LogP contribution is 2.24. The van der Waals surface area contributed by atoms with Gasteiger partial charge in [0.15, 0.2) is 0 Å². The molecule has 0 saturated carbocycles. The molecule has 0 saturated heterocycles. The van der Waals surface area contributed by atoms with Crippen molar-refractivity contribution in [2.45, 2.75) is 33.2 Å². The van der Waals surface area contributed by atoms with Crippen molar-refractivity contribution in [3.05, 3.63) is 64.5 Å². The molecule has 0 radical (unpaired) electrons. The predicted octanol–water partition coefficient (Wildman–Crippen LogP) is 3.51. The maximum Gasteiger partial charge on any atom is 0.0420 e. The fraction of sp³-hybridized carbons (Fsp3) is 0.353. The molecule has 0 aliphatic heterocycles. The first-order valence-electron chi connectivity index (χ1n) is 6.77. The Bertz CT molecular complexity index is 541. The van der Waals surface area contributed by atoms with Crippen LogP contribution >= 0.6 is 0 Å². The molecule has 0 spiro atoms. The Hall–Kier alpha value is -1.67. The Kier molecular flexibility index (Phi) is 4.33. The highest BCUT2D eigenvalue weighted by Gasteiger charge is 2.15. The maximum atomic E-state index is 4.39. The second kappa shape index (κ2) is 5.98. The molecule has 100 valence electrons. The number of hydrogen-bond acceptors (Lipinski definition) is 2. The van der Waals surface area contributed by atoms with Crippen LogP contribution in [0.2, 0.25) is 0 Å². The van der Waals surface area contributed by atoms with Gasteiger partial charge in [-0.2, -0.15) is 0 Å². The molecule has 0 bridgehead atoms. The van der Waals surface area contributed by atoms with Gasteiger partial charge in [0.1, 0.15) is 0 Å². The summed E-state index contributed by atoms with van der Waals surface area (Å²) in [5, 5.41) is 3.42. The first kappa shape index (κ1) is 13.8. The van der Waals surface area contributed by atoms with Crippen molar-refractivity contribution in [3.8, 4) is 0 Å². The SMILES string of the molecule is CNC(Cc1c(C)cccc1C)c1cccnc1C. The van der Waals surface area contributed by atoms with Gasteiger partial charge in [-0.1, -0.05) is 24.3 Å². The van der Waals surface area contributed by atoms with Crippen LogP contribution in [0.15, 0.2) is 36.5 Å². The van der Waals surface area contributed by atoms with E-state index >= 15 is 0 Å². The number of pyridine rings is 1. The van der Waals surface area contributed by atoms with Crippen LogP contribution in [0.25, 0.3) is 0 Å². The van der Waals surface area contributed by atoms with Gasteiger partial charge < -0.3 is 5.32 Å². The number of aromatic nitrogens is 1. The van der Waals surface area contributed by atoms with Crippen LogP contribution in [0.3, 0.4) is 0 Å². The van der Waals surface area contributed by atoms with E-state index in [0.29, 0.717) is 6.04 Å². The lowest BCUT2D eigenvalue weighted by atomic mass is 9.92. The third-order valence-electron chi connectivity index (χ3n) is 3.82. The van der Waals surface area contributed by atoms with Gasteiger partial charge in [-0.25, -0.2) is 0 Å². The molecule has 0 aliphatic carbocycles. The fourth-order valence-corrected chi connectivity index (χ4v) is 2.61. The Morgan fingerprint density at radius 1 is 1.05 bits per heavy atom. The van der Waals surface area contributed by atoms with Crippen LogP contribution < -0.4 is 5.32 Å².